The zero-order chi connectivity index (χ0) is 12.4. The lowest BCUT2D eigenvalue weighted by Crippen LogP contribution is -2.32. The fourth-order valence-electron chi connectivity index (χ4n) is 1.78. The smallest absolute Gasteiger partial charge is 0.410 e. The second-order valence-electron chi connectivity index (χ2n) is 4.25. The third-order valence-corrected chi connectivity index (χ3v) is 2.74. The molecule has 4 heteroatoms. The van der Waals surface area contributed by atoms with E-state index >= 15 is 0 Å². The molecule has 0 spiro atoms. The average molecular weight is 232 g/mol. The van der Waals surface area contributed by atoms with E-state index in [4.69, 9.17) is 4.74 Å². The summed E-state index contributed by atoms with van der Waals surface area (Å²) in [6.45, 7) is 0. The molecule has 17 heavy (non-hydrogen) atoms. The van der Waals surface area contributed by atoms with E-state index in [1.54, 1.807) is 14.1 Å². The summed E-state index contributed by atoms with van der Waals surface area (Å²) in [6, 6.07) is 0.148. The number of hydrogen-bond donors (Lipinski definition) is 0. The lowest BCUT2D eigenvalue weighted by atomic mass is 9.97. The van der Waals surface area contributed by atoms with Crippen LogP contribution in [0.25, 0.3) is 0 Å². The first-order valence-corrected chi connectivity index (χ1v) is 5.48. The second kappa shape index (κ2) is 4.49. The molecule has 1 atom stereocenters. The average Bonchev–Trinajstić information content (AvgIpc) is 2.30. The van der Waals surface area contributed by atoms with Gasteiger partial charge in [-0.2, -0.15) is 0 Å². The van der Waals surface area contributed by atoms with Gasteiger partial charge in [-0.1, -0.05) is 18.2 Å². The predicted molar refractivity (Wildman–Crippen MR) is 66.2 cm³/mol. The summed E-state index contributed by atoms with van der Waals surface area (Å²) in [7, 11) is 5.33. The van der Waals surface area contributed by atoms with Gasteiger partial charge in [0.1, 0.15) is 5.76 Å². The van der Waals surface area contributed by atoms with Gasteiger partial charge in [0, 0.05) is 26.7 Å². The van der Waals surface area contributed by atoms with Crippen LogP contribution in [-0.4, -0.2) is 43.1 Å². The van der Waals surface area contributed by atoms with Crippen molar-refractivity contribution in [2.75, 3.05) is 21.1 Å². The van der Waals surface area contributed by atoms with E-state index in [0.717, 1.165) is 5.57 Å². The molecule has 0 N–H and O–H groups in total. The number of allylic oxidation sites excluding steroid dienone is 4. The molecule has 0 fully saturated rings. The van der Waals surface area contributed by atoms with Gasteiger partial charge < -0.3 is 14.5 Å². The molecule has 1 aliphatic heterocycles. The quantitative estimate of drug-likeness (QED) is 0.692. The molecule has 0 aromatic rings. The maximum Gasteiger partial charge on any atom is 0.414 e. The van der Waals surface area contributed by atoms with Crippen LogP contribution in [0.5, 0.6) is 0 Å². The zero-order valence-electron chi connectivity index (χ0n) is 10.3. The van der Waals surface area contributed by atoms with Crippen LogP contribution in [-0.2, 0) is 4.74 Å². The second-order valence-corrected chi connectivity index (χ2v) is 4.25. The highest BCUT2D eigenvalue weighted by atomic mass is 16.6. The molecule has 0 aromatic heterocycles. The minimum Gasteiger partial charge on any atom is -0.410 e. The van der Waals surface area contributed by atoms with Gasteiger partial charge >= 0.3 is 6.09 Å². The van der Waals surface area contributed by atoms with Gasteiger partial charge in [-0.15, -0.1) is 0 Å². The zero-order valence-corrected chi connectivity index (χ0v) is 10.3. The molecule has 2 rings (SSSR count). The first-order valence-electron chi connectivity index (χ1n) is 5.48. The van der Waals surface area contributed by atoms with Crippen molar-refractivity contribution in [2.24, 2.45) is 0 Å². The SMILES string of the molecule is CN(C)C(=O)OC1=CC=CC2C1=CC=CN2C. The van der Waals surface area contributed by atoms with Gasteiger partial charge in [-0.05, 0) is 18.4 Å². The molecule has 90 valence electrons. The lowest BCUT2D eigenvalue weighted by Gasteiger charge is -2.31. The van der Waals surface area contributed by atoms with Crippen molar-refractivity contribution in [3.8, 4) is 0 Å². The Morgan fingerprint density at radius 3 is 2.82 bits per heavy atom. The number of ether oxygens (including phenoxy) is 1. The number of carbonyl (C=O) groups excluding carboxylic acids is 1. The van der Waals surface area contributed by atoms with Gasteiger partial charge in [0.25, 0.3) is 0 Å². The molecule has 0 saturated heterocycles. The largest absolute Gasteiger partial charge is 0.414 e. The molecule has 1 unspecified atom stereocenters. The third-order valence-electron chi connectivity index (χ3n) is 2.74. The maximum atomic E-state index is 11.5. The van der Waals surface area contributed by atoms with Crippen molar-refractivity contribution in [3.05, 3.63) is 47.9 Å². The molecule has 0 bridgehead atoms. The minimum atomic E-state index is -0.358. The van der Waals surface area contributed by atoms with E-state index < -0.39 is 0 Å². The number of rotatable bonds is 1. The third kappa shape index (κ3) is 2.25. The number of carbonyl (C=O) groups is 1. The predicted octanol–water partition coefficient (Wildman–Crippen LogP) is 1.89. The first-order chi connectivity index (χ1) is 8.09. The summed E-state index contributed by atoms with van der Waals surface area (Å²) in [6.07, 6.45) is 11.4. The van der Waals surface area contributed by atoms with E-state index in [2.05, 4.69) is 11.0 Å². The topological polar surface area (TPSA) is 32.8 Å². The van der Waals surface area contributed by atoms with Crippen LogP contribution in [0.2, 0.25) is 0 Å². The molecular formula is C13H16N2O2. The van der Waals surface area contributed by atoms with Crippen molar-refractivity contribution in [3.63, 3.8) is 0 Å². The Labute approximate surface area is 101 Å². The molecule has 1 amide bonds. The van der Waals surface area contributed by atoms with Gasteiger partial charge in [-0.3, -0.25) is 0 Å². The molecule has 0 radical (unpaired) electrons. The Morgan fingerprint density at radius 1 is 1.35 bits per heavy atom. The number of amides is 1. The Hall–Kier alpha value is -1.97. The Kier molecular flexibility index (Phi) is 3.04. The number of nitrogens with zero attached hydrogens (tertiary/aromatic N) is 2. The van der Waals surface area contributed by atoms with Crippen molar-refractivity contribution in [2.45, 2.75) is 6.04 Å². The van der Waals surface area contributed by atoms with Crippen molar-refractivity contribution < 1.29 is 9.53 Å². The van der Waals surface area contributed by atoms with E-state index in [1.165, 1.54) is 4.90 Å². The minimum absolute atomic E-state index is 0.148. The maximum absolute atomic E-state index is 11.5. The standard InChI is InChI=1S/C13H16N2O2/c1-14(2)13(16)17-12-8-4-7-11-10(12)6-5-9-15(11)3/h4-9,11H,1-3H3. The van der Waals surface area contributed by atoms with Crippen LogP contribution in [0.15, 0.2) is 47.9 Å². The highest BCUT2D eigenvalue weighted by Crippen LogP contribution is 2.27. The fraction of sp³-hybridized carbons (Fsp3) is 0.308. The lowest BCUT2D eigenvalue weighted by molar-refractivity contribution is 0.147. The Balaban J connectivity index is 2.21. The van der Waals surface area contributed by atoms with Crippen LogP contribution >= 0.6 is 0 Å². The van der Waals surface area contributed by atoms with E-state index in [9.17, 15) is 4.79 Å². The summed E-state index contributed by atoms with van der Waals surface area (Å²) in [5.74, 6) is 0.618. The summed E-state index contributed by atoms with van der Waals surface area (Å²) >= 11 is 0. The molecule has 1 aliphatic carbocycles. The Morgan fingerprint density at radius 2 is 2.12 bits per heavy atom. The van der Waals surface area contributed by atoms with Crippen LogP contribution in [0.4, 0.5) is 4.79 Å². The summed E-state index contributed by atoms with van der Waals surface area (Å²) < 4.78 is 5.34. The normalized spacial score (nSPS) is 21.6. The molecule has 4 nitrogen and oxygen atoms in total. The highest BCUT2D eigenvalue weighted by molar-refractivity contribution is 5.69. The first kappa shape index (κ1) is 11.5. The van der Waals surface area contributed by atoms with Crippen LogP contribution in [0, 0.1) is 0 Å². The van der Waals surface area contributed by atoms with Gasteiger partial charge in [0.2, 0.25) is 0 Å². The van der Waals surface area contributed by atoms with E-state index in [1.807, 2.05) is 37.6 Å². The van der Waals surface area contributed by atoms with Crippen LogP contribution in [0.1, 0.15) is 0 Å². The Bertz CT molecular complexity index is 444. The molecule has 1 heterocycles. The van der Waals surface area contributed by atoms with Gasteiger partial charge in [0.15, 0.2) is 0 Å². The van der Waals surface area contributed by atoms with Gasteiger partial charge in [-0.25, -0.2) is 4.79 Å². The van der Waals surface area contributed by atoms with E-state index in [-0.39, 0.29) is 12.1 Å². The number of likely N-dealkylation sites (N-methyl/N-ethyl adjacent to an activating group) is 1. The van der Waals surface area contributed by atoms with Crippen molar-refractivity contribution in [1.29, 1.82) is 0 Å². The van der Waals surface area contributed by atoms with Crippen LogP contribution < -0.4 is 0 Å². The highest BCUT2D eigenvalue weighted by Gasteiger charge is 2.25. The van der Waals surface area contributed by atoms with Crippen molar-refractivity contribution in [1.82, 2.24) is 9.80 Å². The van der Waals surface area contributed by atoms with E-state index in [0.29, 0.717) is 5.76 Å². The molecule has 2 aliphatic rings. The summed E-state index contributed by atoms with van der Waals surface area (Å²) in [4.78, 5) is 15.0. The number of fused-ring (bicyclic) bond motifs is 1. The molecule has 0 aromatic carbocycles. The fourth-order valence-corrected chi connectivity index (χ4v) is 1.78. The van der Waals surface area contributed by atoms with Crippen molar-refractivity contribution >= 4 is 6.09 Å². The number of hydrogen-bond acceptors (Lipinski definition) is 3. The molecule has 0 saturated carbocycles. The van der Waals surface area contributed by atoms with Crippen LogP contribution in [0.3, 0.4) is 0 Å². The summed E-state index contributed by atoms with van der Waals surface area (Å²) in [5.41, 5.74) is 1.01. The monoisotopic (exact) mass is 232 g/mol. The van der Waals surface area contributed by atoms with Gasteiger partial charge in [0.05, 0.1) is 6.04 Å². The summed E-state index contributed by atoms with van der Waals surface area (Å²) in [5, 5.41) is 0. The molecular weight excluding hydrogens is 216 g/mol.